The zero-order valence-electron chi connectivity index (χ0n) is 10.3. The van der Waals surface area contributed by atoms with Crippen LogP contribution in [0.25, 0.3) is 0 Å². The average molecular weight is 256 g/mol. The first-order valence-electron chi connectivity index (χ1n) is 5.83. The predicted octanol–water partition coefficient (Wildman–Crippen LogP) is 2.74. The average Bonchev–Trinajstić information content (AvgIpc) is 2.44. The number of nitrogens with two attached hydrogens (primary N) is 1. The number of rotatable bonds is 4. The molecule has 19 heavy (non-hydrogen) atoms. The highest BCUT2D eigenvalue weighted by Gasteiger charge is 2.04. The second-order valence-electron chi connectivity index (χ2n) is 4.06. The molecule has 3 nitrogen and oxygen atoms in total. The smallest absolute Gasteiger partial charge is 0.127 e. The molecule has 0 bridgehead atoms. The topological polar surface area (TPSA) is 59.0 Å². The fourth-order valence-electron chi connectivity index (χ4n) is 1.74. The van der Waals surface area contributed by atoms with Crippen LogP contribution < -0.4 is 10.5 Å². The van der Waals surface area contributed by atoms with Gasteiger partial charge in [-0.05, 0) is 23.8 Å². The molecule has 0 saturated carbocycles. The Morgan fingerprint density at radius 1 is 1.21 bits per heavy atom. The van der Waals surface area contributed by atoms with Gasteiger partial charge in [-0.2, -0.15) is 5.26 Å². The van der Waals surface area contributed by atoms with Crippen LogP contribution in [-0.2, 0) is 13.2 Å². The van der Waals surface area contributed by atoms with Crippen LogP contribution in [0.15, 0.2) is 42.5 Å². The van der Waals surface area contributed by atoms with Gasteiger partial charge in [0.05, 0.1) is 11.6 Å². The van der Waals surface area contributed by atoms with E-state index in [1.807, 2.05) is 12.1 Å². The number of halogens is 1. The highest BCUT2D eigenvalue weighted by Crippen LogP contribution is 2.18. The summed E-state index contributed by atoms with van der Waals surface area (Å²) in [7, 11) is 0. The fourth-order valence-corrected chi connectivity index (χ4v) is 1.74. The molecule has 4 heteroatoms. The first kappa shape index (κ1) is 13.1. The summed E-state index contributed by atoms with van der Waals surface area (Å²) in [5, 5.41) is 8.96. The van der Waals surface area contributed by atoms with Gasteiger partial charge in [0.2, 0.25) is 0 Å². The van der Waals surface area contributed by atoms with E-state index in [2.05, 4.69) is 6.07 Å². The van der Waals surface area contributed by atoms with E-state index < -0.39 is 0 Å². The van der Waals surface area contributed by atoms with Crippen molar-refractivity contribution >= 4 is 0 Å². The van der Waals surface area contributed by atoms with Crippen molar-refractivity contribution in [2.45, 2.75) is 13.2 Å². The molecule has 2 rings (SSSR count). The molecule has 0 aliphatic rings. The summed E-state index contributed by atoms with van der Waals surface area (Å²) in [4.78, 5) is 0. The van der Waals surface area contributed by atoms with Crippen molar-refractivity contribution in [1.29, 1.82) is 5.26 Å². The Morgan fingerprint density at radius 2 is 2.00 bits per heavy atom. The monoisotopic (exact) mass is 256 g/mol. The first-order chi connectivity index (χ1) is 9.22. The van der Waals surface area contributed by atoms with Crippen LogP contribution in [0.1, 0.15) is 16.7 Å². The van der Waals surface area contributed by atoms with Gasteiger partial charge >= 0.3 is 0 Å². The van der Waals surface area contributed by atoms with Crippen LogP contribution >= 0.6 is 0 Å². The molecule has 2 aromatic rings. The fraction of sp³-hybridized carbons (Fsp3) is 0.133. The van der Waals surface area contributed by atoms with Crippen LogP contribution in [0.4, 0.5) is 4.39 Å². The number of nitriles is 1. The summed E-state index contributed by atoms with van der Waals surface area (Å²) < 4.78 is 18.8. The summed E-state index contributed by atoms with van der Waals surface area (Å²) >= 11 is 0. The van der Waals surface area contributed by atoms with E-state index in [1.54, 1.807) is 18.2 Å². The van der Waals surface area contributed by atoms with Crippen molar-refractivity contribution in [2.75, 3.05) is 0 Å². The van der Waals surface area contributed by atoms with Gasteiger partial charge in [0.25, 0.3) is 0 Å². The molecule has 0 aromatic heterocycles. The molecule has 2 aromatic carbocycles. The van der Waals surface area contributed by atoms with Gasteiger partial charge in [-0.15, -0.1) is 0 Å². The lowest BCUT2D eigenvalue weighted by Gasteiger charge is -2.09. The SMILES string of the molecule is N#Cc1ccccc1COc1cc(F)cc(CN)c1. The minimum absolute atomic E-state index is 0.219. The van der Waals surface area contributed by atoms with E-state index in [0.717, 1.165) is 5.56 Å². The van der Waals surface area contributed by atoms with Gasteiger partial charge in [-0.25, -0.2) is 4.39 Å². The summed E-state index contributed by atoms with van der Waals surface area (Å²) in [6, 6.07) is 13.6. The van der Waals surface area contributed by atoms with Crippen LogP contribution in [-0.4, -0.2) is 0 Å². The van der Waals surface area contributed by atoms with Crippen LogP contribution in [0.5, 0.6) is 5.75 Å². The second-order valence-corrected chi connectivity index (χ2v) is 4.06. The summed E-state index contributed by atoms with van der Waals surface area (Å²) in [5.41, 5.74) is 7.47. The molecule has 0 aliphatic heterocycles. The third-order valence-corrected chi connectivity index (χ3v) is 2.70. The maximum Gasteiger partial charge on any atom is 0.127 e. The largest absolute Gasteiger partial charge is 0.489 e. The normalized spacial score (nSPS) is 9.95. The number of ether oxygens (including phenoxy) is 1. The van der Waals surface area contributed by atoms with Gasteiger partial charge in [-0.1, -0.05) is 18.2 Å². The Balaban J connectivity index is 2.15. The highest BCUT2D eigenvalue weighted by atomic mass is 19.1. The molecule has 0 amide bonds. The minimum atomic E-state index is -0.383. The molecule has 0 aliphatic carbocycles. The maximum absolute atomic E-state index is 13.3. The molecule has 0 spiro atoms. The van der Waals surface area contributed by atoms with E-state index in [1.165, 1.54) is 12.1 Å². The number of hydrogen-bond acceptors (Lipinski definition) is 3. The van der Waals surface area contributed by atoms with Gasteiger partial charge in [0.1, 0.15) is 18.2 Å². The third kappa shape index (κ3) is 3.30. The Hall–Kier alpha value is -2.38. The summed E-state index contributed by atoms with van der Waals surface area (Å²) in [6.45, 7) is 0.472. The Labute approximate surface area is 111 Å². The number of benzene rings is 2. The minimum Gasteiger partial charge on any atom is -0.489 e. The molecule has 96 valence electrons. The summed E-state index contributed by atoms with van der Waals surface area (Å²) in [5.74, 6) is 0.0275. The standard InChI is InChI=1S/C15H13FN2O/c16-14-5-11(8-17)6-15(7-14)19-10-13-4-2-1-3-12(13)9-18/h1-7H,8,10,17H2. The lowest BCUT2D eigenvalue weighted by Crippen LogP contribution is -2.01. The number of nitrogens with zero attached hydrogens (tertiary/aromatic N) is 1. The summed E-state index contributed by atoms with van der Waals surface area (Å²) in [6.07, 6.45) is 0. The van der Waals surface area contributed by atoms with Crippen molar-refractivity contribution in [3.8, 4) is 11.8 Å². The van der Waals surface area contributed by atoms with Crippen LogP contribution in [0.2, 0.25) is 0 Å². The first-order valence-corrected chi connectivity index (χ1v) is 5.83. The zero-order chi connectivity index (χ0) is 13.7. The lowest BCUT2D eigenvalue weighted by molar-refractivity contribution is 0.304. The maximum atomic E-state index is 13.3. The zero-order valence-corrected chi connectivity index (χ0v) is 10.3. The van der Waals surface area contributed by atoms with Gasteiger partial charge < -0.3 is 10.5 Å². The molecular formula is C15H13FN2O. The predicted molar refractivity (Wildman–Crippen MR) is 69.8 cm³/mol. The van der Waals surface area contributed by atoms with Crippen molar-refractivity contribution < 1.29 is 9.13 Å². The molecule has 0 fully saturated rings. The molecule has 0 heterocycles. The quantitative estimate of drug-likeness (QED) is 0.915. The molecule has 0 radical (unpaired) electrons. The highest BCUT2D eigenvalue weighted by molar-refractivity contribution is 5.37. The van der Waals surface area contributed by atoms with E-state index in [-0.39, 0.29) is 19.0 Å². The van der Waals surface area contributed by atoms with Gasteiger partial charge in [-0.3, -0.25) is 0 Å². The Kier molecular flexibility index (Phi) is 4.11. The van der Waals surface area contributed by atoms with Crippen molar-refractivity contribution in [3.63, 3.8) is 0 Å². The van der Waals surface area contributed by atoms with Crippen LogP contribution in [0, 0.1) is 17.1 Å². The van der Waals surface area contributed by atoms with Crippen molar-refractivity contribution in [3.05, 3.63) is 65.0 Å². The molecule has 0 atom stereocenters. The van der Waals surface area contributed by atoms with Crippen molar-refractivity contribution in [1.82, 2.24) is 0 Å². The molecular weight excluding hydrogens is 243 g/mol. The van der Waals surface area contributed by atoms with Crippen LogP contribution in [0.3, 0.4) is 0 Å². The number of hydrogen-bond donors (Lipinski definition) is 1. The van der Waals surface area contributed by atoms with Gasteiger partial charge in [0.15, 0.2) is 0 Å². The second kappa shape index (κ2) is 5.98. The molecule has 0 unspecified atom stereocenters. The molecule has 2 N–H and O–H groups in total. The Bertz CT molecular complexity index is 620. The van der Waals surface area contributed by atoms with Crippen molar-refractivity contribution in [2.24, 2.45) is 5.73 Å². The van der Waals surface area contributed by atoms with E-state index in [9.17, 15) is 4.39 Å². The van der Waals surface area contributed by atoms with E-state index >= 15 is 0 Å². The molecule has 0 saturated heterocycles. The van der Waals surface area contributed by atoms with E-state index in [0.29, 0.717) is 16.9 Å². The van der Waals surface area contributed by atoms with Gasteiger partial charge in [0, 0.05) is 18.2 Å². The third-order valence-electron chi connectivity index (χ3n) is 2.70. The van der Waals surface area contributed by atoms with E-state index in [4.69, 9.17) is 15.7 Å². The Morgan fingerprint density at radius 3 is 2.74 bits per heavy atom. The lowest BCUT2D eigenvalue weighted by atomic mass is 10.1.